The van der Waals surface area contributed by atoms with Gasteiger partial charge in [-0.3, -0.25) is 9.59 Å². The highest BCUT2D eigenvalue weighted by atomic mass is 19.1. The summed E-state index contributed by atoms with van der Waals surface area (Å²) in [6.07, 6.45) is 0.0353. The molecule has 0 radical (unpaired) electrons. The SMILES string of the molecule is COC(=O)c1ccc(CC(=O)CNC(=O)c2ccc(F)cc2F)cc1. The van der Waals surface area contributed by atoms with Gasteiger partial charge >= 0.3 is 5.97 Å². The number of Topliss-reactive ketones (excluding diaryl/α,β-unsaturated/α-hetero) is 1. The molecule has 0 atom stereocenters. The number of nitrogens with one attached hydrogen (secondary N) is 1. The first-order chi connectivity index (χ1) is 11.9. The van der Waals surface area contributed by atoms with Gasteiger partial charge < -0.3 is 10.1 Å². The van der Waals surface area contributed by atoms with Gasteiger partial charge in [-0.05, 0) is 29.8 Å². The maximum absolute atomic E-state index is 13.5. The van der Waals surface area contributed by atoms with Gasteiger partial charge in [0, 0.05) is 12.5 Å². The molecule has 1 amide bonds. The largest absolute Gasteiger partial charge is 0.465 e. The number of ether oxygens (including phenoxy) is 1. The minimum atomic E-state index is -0.997. The summed E-state index contributed by atoms with van der Waals surface area (Å²) in [4.78, 5) is 35.0. The van der Waals surface area contributed by atoms with Crippen LogP contribution in [0.15, 0.2) is 42.5 Å². The van der Waals surface area contributed by atoms with E-state index >= 15 is 0 Å². The van der Waals surface area contributed by atoms with E-state index in [0.29, 0.717) is 17.2 Å². The van der Waals surface area contributed by atoms with Gasteiger partial charge in [-0.15, -0.1) is 0 Å². The number of carbonyl (C=O) groups is 3. The monoisotopic (exact) mass is 347 g/mol. The predicted octanol–water partition coefficient (Wildman–Crippen LogP) is 2.29. The van der Waals surface area contributed by atoms with Crippen LogP contribution >= 0.6 is 0 Å². The summed E-state index contributed by atoms with van der Waals surface area (Å²) in [5.74, 6) is -3.37. The topological polar surface area (TPSA) is 72.5 Å². The summed E-state index contributed by atoms with van der Waals surface area (Å²) in [6.45, 7) is -0.297. The highest BCUT2D eigenvalue weighted by molar-refractivity contribution is 5.97. The molecule has 0 spiro atoms. The Labute approximate surface area is 142 Å². The van der Waals surface area contributed by atoms with Crippen LogP contribution in [0.4, 0.5) is 8.78 Å². The van der Waals surface area contributed by atoms with Crippen molar-refractivity contribution < 1.29 is 27.9 Å². The van der Waals surface area contributed by atoms with E-state index in [0.717, 1.165) is 12.1 Å². The summed E-state index contributed by atoms with van der Waals surface area (Å²) in [7, 11) is 1.27. The van der Waals surface area contributed by atoms with Crippen LogP contribution in [0.25, 0.3) is 0 Å². The molecule has 25 heavy (non-hydrogen) atoms. The van der Waals surface area contributed by atoms with Crippen molar-refractivity contribution in [3.8, 4) is 0 Å². The third kappa shape index (κ3) is 4.94. The molecule has 5 nitrogen and oxygen atoms in total. The maximum atomic E-state index is 13.5. The molecule has 0 saturated carbocycles. The van der Waals surface area contributed by atoms with Gasteiger partial charge in [0.1, 0.15) is 11.6 Å². The van der Waals surface area contributed by atoms with E-state index in [1.54, 1.807) is 12.1 Å². The third-order valence-electron chi connectivity index (χ3n) is 3.40. The molecule has 2 aromatic rings. The molecule has 130 valence electrons. The lowest BCUT2D eigenvalue weighted by Gasteiger charge is -2.06. The Morgan fingerprint density at radius 2 is 1.72 bits per heavy atom. The maximum Gasteiger partial charge on any atom is 0.337 e. The van der Waals surface area contributed by atoms with E-state index in [4.69, 9.17) is 0 Å². The molecule has 0 bridgehead atoms. The van der Waals surface area contributed by atoms with Gasteiger partial charge in [0.25, 0.3) is 5.91 Å². The summed E-state index contributed by atoms with van der Waals surface area (Å²) >= 11 is 0. The average molecular weight is 347 g/mol. The molecule has 0 aromatic heterocycles. The second-order valence-corrected chi connectivity index (χ2v) is 5.21. The van der Waals surface area contributed by atoms with E-state index in [9.17, 15) is 23.2 Å². The smallest absolute Gasteiger partial charge is 0.337 e. The van der Waals surface area contributed by atoms with Crippen LogP contribution in [0, 0.1) is 11.6 Å². The zero-order valence-corrected chi connectivity index (χ0v) is 13.3. The standard InChI is InChI=1S/C18H15F2NO4/c1-25-18(24)12-4-2-11(3-5-12)8-14(22)10-21-17(23)15-7-6-13(19)9-16(15)20/h2-7,9H,8,10H2,1H3,(H,21,23). The Hall–Kier alpha value is -3.09. The summed E-state index contributed by atoms with van der Waals surface area (Å²) in [5, 5.41) is 2.29. The minimum Gasteiger partial charge on any atom is -0.465 e. The Morgan fingerprint density at radius 3 is 2.32 bits per heavy atom. The number of halogens is 2. The first-order valence-electron chi connectivity index (χ1n) is 7.33. The summed E-state index contributed by atoms with van der Waals surface area (Å²) in [6, 6.07) is 8.83. The van der Waals surface area contributed by atoms with Crippen LogP contribution in [0.3, 0.4) is 0 Å². The van der Waals surface area contributed by atoms with Crippen LogP contribution in [0.1, 0.15) is 26.3 Å². The lowest BCUT2D eigenvalue weighted by molar-refractivity contribution is -0.117. The van der Waals surface area contributed by atoms with E-state index in [2.05, 4.69) is 10.1 Å². The fourth-order valence-electron chi connectivity index (χ4n) is 2.11. The van der Waals surface area contributed by atoms with E-state index < -0.39 is 23.5 Å². The molecule has 0 saturated heterocycles. The van der Waals surface area contributed by atoms with Gasteiger partial charge in [0.2, 0.25) is 0 Å². The number of rotatable bonds is 6. The molecule has 2 rings (SSSR count). The van der Waals surface area contributed by atoms with Crippen LogP contribution in [-0.4, -0.2) is 31.3 Å². The molecular formula is C18H15F2NO4. The van der Waals surface area contributed by atoms with Gasteiger partial charge in [0.05, 0.1) is 24.8 Å². The molecular weight excluding hydrogens is 332 g/mol. The quantitative estimate of drug-likeness (QED) is 0.814. The van der Waals surface area contributed by atoms with Crippen LogP contribution < -0.4 is 5.32 Å². The first kappa shape index (κ1) is 18.3. The number of carbonyl (C=O) groups excluding carboxylic acids is 3. The van der Waals surface area contributed by atoms with Gasteiger partial charge in [-0.1, -0.05) is 12.1 Å². The van der Waals surface area contributed by atoms with Gasteiger partial charge in [0.15, 0.2) is 5.78 Å². The zero-order valence-electron chi connectivity index (χ0n) is 13.3. The van der Waals surface area contributed by atoms with Crippen molar-refractivity contribution in [2.75, 3.05) is 13.7 Å². The summed E-state index contributed by atoms with van der Waals surface area (Å²) in [5.41, 5.74) is 0.676. The van der Waals surface area contributed by atoms with Gasteiger partial charge in [-0.2, -0.15) is 0 Å². The van der Waals surface area contributed by atoms with Crippen molar-refractivity contribution in [2.24, 2.45) is 0 Å². The lowest BCUT2D eigenvalue weighted by atomic mass is 10.1. The molecule has 0 unspecified atom stereocenters. The normalized spacial score (nSPS) is 10.2. The number of methoxy groups -OCH3 is 1. The average Bonchev–Trinajstić information content (AvgIpc) is 2.59. The summed E-state index contributed by atoms with van der Waals surface area (Å²) < 4.78 is 30.9. The fraction of sp³-hybridized carbons (Fsp3) is 0.167. The Kier molecular flexibility index (Phi) is 5.94. The van der Waals surface area contributed by atoms with Crippen molar-refractivity contribution in [1.29, 1.82) is 0 Å². The number of hydrogen-bond acceptors (Lipinski definition) is 4. The first-order valence-corrected chi connectivity index (χ1v) is 7.33. The lowest BCUT2D eigenvalue weighted by Crippen LogP contribution is -2.31. The minimum absolute atomic E-state index is 0.0353. The molecule has 0 aliphatic rings. The van der Waals surface area contributed by atoms with Crippen molar-refractivity contribution >= 4 is 17.7 Å². The molecule has 0 aliphatic carbocycles. The van der Waals surface area contributed by atoms with Crippen molar-refractivity contribution in [3.63, 3.8) is 0 Å². The van der Waals surface area contributed by atoms with E-state index in [-0.39, 0.29) is 24.3 Å². The van der Waals surface area contributed by atoms with Crippen LogP contribution in [0.2, 0.25) is 0 Å². The molecule has 1 N–H and O–H groups in total. The van der Waals surface area contributed by atoms with Crippen LogP contribution in [0.5, 0.6) is 0 Å². The van der Waals surface area contributed by atoms with Crippen molar-refractivity contribution in [1.82, 2.24) is 5.32 Å². The third-order valence-corrected chi connectivity index (χ3v) is 3.40. The van der Waals surface area contributed by atoms with Crippen molar-refractivity contribution in [3.05, 3.63) is 70.8 Å². The fourth-order valence-corrected chi connectivity index (χ4v) is 2.11. The second-order valence-electron chi connectivity index (χ2n) is 5.21. The molecule has 0 fully saturated rings. The highest BCUT2D eigenvalue weighted by Gasteiger charge is 2.14. The number of amides is 1. The van der Waals surface area contributed by atoms with Crippen LogP contribution in [-0.2, 0) is 16.0 Å². The zero-order chi connectivity index (χ0) is 18.4. The molecule has 2 aromatic carbocycles. The van der Waals surface area contributed by atoms with E-state index in [1.807, 2.05) is 0 Å². The molecule has 0 heterocycles. The Morgan fingerprint density at radius 1 is 1.04 bits per heavy atom. The second kappa shape index (κ2) is 8.14. The van der Waals surface area contributed by atoms with Gasteiger partial charge in [-0.25, -0.2) is 13.6 Å². The highest BCUT2D eigenvalue weighted by Crippen LogP contribution is 2.10. The number of ketones is 1. The Balaban J connectivity index is 1.90. The Bertz CT molecular complexity index is 803. The predicted molar refractivity (Wildman–Crippen MR) is 85.2 cm³/mol. The molecule has 7 heteroatoms. The number of hydrogen-bond donors (Lipinski definition) is 1. The number of benzene rings is 2. The van der Waals surface area contributed by atoms with Crippen molar-refractivity contribution in [2.45, 2.75) is 6.42 Å². The molecule has 0 aliphatic heterocycles. The van der Waals surface area contributed by atoms with E-state index in [1.165, 1.54) is 19.2 Å². The number of esters is 1.